The summed E-state index contributed by atoms with van der Waals surface area (Å²) in [5.41, 5.74) is 0.982. The van der Waals surface area contributed by atoms with E-state index in [0.29, 0.717) is 5.92 Å². The molecule has 1 atom stereocenters. The monoisotopic (exact) mass is 264 g/mol. The molecular weight excluding hydrogens is 239 g/mol. The lowest BCUT2D eigenvalue weighted by molar-refractivity contribution is 0.192. The van der Waals surface area contributed by atoms with E-state index in [1.54, 1.807) is 12.3 Å². The Bertz CT molecular complexity index is 397. The normalized spacial score (nSPS) is 25.5. The summed E-state index contributed by atoms with van der Waals surface area (Å²) in [5.74, 6) is 2.00. The van der Waals surface area contributed by atoms with Crippen LogP contribution in [0.2, 0.25) is 0 Å². The van der Waals surface area contributed by atoms with E-state index < -0.39 is 0 Å². The molecule has 0 radical (unpaired) electrons. The molecular formula is C16H25FN2. The zero-order chi connectivity index (χ0) is 13.8. The Labute approximate surface area is 115 Å². The van der Waals surface area contributed by atoms with Gasteiger partial charge < -0.3 is 5.32 Å². The van der Waals surface area contributed by atoms with E-state index in [2.05, 4.69) is 24.1 Å². The maximum Gasteiger partial charge on any atom is 0.141 e. The zero-order valence-corrected chi connectivity index (χ0v) is 12.2. The van der Waals surface area contributed by atoms with Crippen molar-refractivity contribution in [2.24, 2.45) is 17.8 Å². The number of aromatic nitrogens is 1. The number of nitrogens with one attached hydrogen (secondary N) is 1. The van der Waals surface area contributed by atoms with Crippen molar-refractivity contribution in [3.63, 3.8) is 0 Å². The minimum atomic E-state index is -0.242. The van der Waals surface area contributed by atoms with Gasteiger partial charge in [0.1, 0.15) is 5.82 Å². The van der Waals surface area contributed by atoms with E-state index in [4.69, 9.17) is 0 Å². The van der Waals surface area contributed by atoms with Crippen molar-refractivity contribution in [1.82, 2.24) is 10.3 Å². The van der Waals surface area contributed by atoms with Gasteiger partial charge in [0, 0.05) is 12.2 Å². The van der Waals surface area contributed by atoms with Crippen LogP contribution in [0.1, 0.15) is 51.1 Å². The fourth-order valence-corrected chi connectivity index (χ4v) is 3.42. The van der Waals surface area contributed by atoms with Crippen LogP contribution in [0.3, 0.4) is 0 Å². The Balaban J connectivity index is 2.03. The summed E-state index contributed by atoms with van der Waals surface area (Å²) in [4.78, 5) is 3.98. The molecule has 1 heterocycles. The number of halogens is 1. The van der Waals surface area contributed by atoms with Gasteiger partial charge in [0.25, 0.3) is 0 Å². The first-order chi connectivity index (χ1) is 9.11. The second-order valence-corrected chi connectivity index (χ2v) is 6.12. The highest BCUT2D eigenvalue weighted by Crippen LogP contribution is 2.39. The van der Waals surface area contributed by atoms with Crippen LogP contribution in [0.4, 0.5) is 4.39 Å². The van der Waals surface area contributed by atoms with E-state index in [1.165, 1.54) is 31.9 Å². The first-order valence-electron chi connectivity index (χ1n) is 7.39. The number of hydrogen-bond donors (Lipinski definition) is 1. The highest BCUT2D eigenvalue weighted by molar-refractivity contribution is 5.16. The summed E-state index contributed by atoms with van der Waals surface area (Å²) in [7, 11) is 1.96. The van der Waals surface area contributed by atoms with Gasteiger partial charge in [-0.25, -0.2) is 4.39 Å². The average Bonchev–Trinajstić information content (AvgIpc) is 2.40. The van der Waals surface area contributed by atoms with Crippen LogP contribution in [0.5, 0.6) is 0 Å². The molecule has 0 amide bonds. The van der Waals surface area contributed by atoms with E-state index in [9.17, 15) is 4.39 Å². The lowest BCUT2D eigenvalue weighted by Gasteiger charge is -2.35. The number of hydrogen-bond acceptors (Lipinski definition) is 2. The van der Waals surface area contributed by atoms with Crippen LogP contribution >= 0.6 is 0 Å². The average molecular weight is 264 g/mol. The van der Waals surface area contributed by atoms with Crippen LogP contribution in [-0.2, 0) is 0 Å². The molecule has 0 aromatic carbocycles. The van der Waals surface area contributed by atoms with Gasteiger partial charge in [-0.1, -0.05) is 13.8 Å². The van der Waals surface area contributed by atoms with Crippen molar-refractivity contribution < 1.29 is 4.39 Å². The highest BCUT2D eigenvalue weighted by atomic mass is 19.1. The molecule has 106 valence electrons. The smallest absolute Gasteiger partial charge is 0.141 e. The molecule has 0 saturated heterocycles. The van der Waals surface area contributed by atoms with Gasteiger partial charge in [0.05, 0.1) is 6.20 Å². The van der Waals surface area contributed by atoms with Crippen molar-refractivity contribution in [3.05, 3.63) is 29.8 Å². The van der Waals surface area contributed by atoms with Gasteiger partial charge in [-0.2, -0.15) is 0 Å². The van der Waals surface area contributed by atoms with Gasteiger partial charge in [-0.15, -0.1) is 0 Å². The first-order valence-corrected chi connectivity index (χ1v) is 7.39. The Morgan fingerprint density at radius 2 is 1.79 bits per heavy atom. The fourth-order valence-electron chi connectivity index (χ4n) is 3.42. The van der Waals surface area contributed by atoms with Crippen molar-refractivity contribution in [3.8, 4) is 0 Å². The Kier molecular flexibility index (Phi) is 4.92. The fraction of sp³-hybridized carbons (Fsp3) is 0.688. The summed E-state index contributed by atoms with van der Waals surface area (Å²) < 4.78 is 13.3. The molecule has 1 saturated carbocycles. The van der Waals surface area contributed by atoms with Gasteiger partial charge in [0.15, 0.2) is 0 Å². The zero-order valence-electron chi connectivity index (χ0n) is 12.2. The Morgan fingerprint density at radius 3 is 2.32 bits per heavy atom. The van der Waals surface area contributed by atoms with Gasteiger partial charge >= 0.3 is 0 Å². The summed E-state index contributed by atoms with van der Waals surface area (Å²) in [6.07, 6.45) is 8.10. The summed E-state index contributed by atoms with van der Waals surface area (Å²) in [5, 5.41) is 3.35. The predicted molar refractivity (Wildman–Crippen MR) is 76.3 cm³/mol. The third kappa shape index (κ3) is 3.53. The van der Waals surface area contributed by atoms with E-state index in [0.717, 1.165) is 17.4 Å². The Hall–Kier alpha value is -0.960. The van der Waals surface area contributed by atoms with Crippen LogP contribution in [0.15, 0.2) is 18.5 Å². The molecule has 1 unspecified atom stereocenters. The maximum atomic E-state index is 13.3. The summed E-state index contributed by atoms with van der Waals surface area (Å²) in [6, 6.07) is 1.85. The lowest BCUT2D eigenvalue weighted by Crippen LogP contribution is -2.30. The van der Waals surface area contributed by atoms with E-state index in [-0.39, 0.29) is 11.9 Å². The topological polar surface area (TPSA) is 24.9 Å². The summed E-state index contributed by atoms with van der Waals surface area (Å²) >= 11 is 0. The van der Waals surface area contributed by atoms with Crippen molar-refractivity contribution in [1.29, 1.82) is 0 Å². The number of rotatable bonds is 4. The minimum Gasteiger partial charge on any atom is -0.313 e. The SMILES string of the molecule is CNC(c1cncc(F)c1)C1CCC(C(C)C)CC1. The highest BCUT2D eigenvalue weighted by Gasteiger charge is 2.29. The van der Waals surface area contributed by atoms with Crippen molar-refractivity contribution in [2.75, 3.05) is 7.05 Å². The van der Waals surface area contributed by atoms with Crippen LogP contribution in [0.25, 0.3) is 0 Å². The quantitative estimate of drug-likeness (QED) is 0.891. The number of pyridine rings is 1. The molecule has 1 fully saturated rings. The maximum absolute atomic E-state index is 13.3. The molecule has 1 aromatic heterocycles. The largest absolute Gasteiger partial charge is 0.313 e. The first kappa shape index (κ1) is 14.4. The van der Waals surface area contributed by atoms with Crippen LogP contribution in [0, 0.1) is 23.6 Å². The van der Waals surface area contributed by atoms with Crippen LogP contribution < -0.4 is 5.32 Å². The molecule has 2 rings (SSSR count). The standard InChI is InChI=1S/C16H25FN2/c1-11(2)12-4-6-13(7-5-12)16(18-3)14-8-15(17)10-19-9-14/h8-13,16,18H,4-7H2,1-3H3. The second kappa shape index (κ2) is 6.47. The van der Waals surface area contributed by atoms with Crippen molar-refractivity contribution >= 4 is 0 Å². The molecule has 0 spiro atoms. The third-order valence-corrected chi connectivity index (χ3v) is 4.63. The molecule has 1 aliphatic carbocycles. The van der Waals surface area contributed by atoms with Gasteiger partial charge in [0.2, 0.25) is 0 Å². The minimum absolute atomic E-state index is 0.233. The van der Waals surface area contributed by atoms with E-state index in [1.807, 2.05) is 7.05 Å². The molecule has 1 N–H and O–H groups in total. The lowest BCUT2D eigenvalue weighted by atomic mass is 9.73. The molecule has 1 aliphatic rings. The van der Waals surface area contributed by atoms with Gasteiger partial charge in [-0.05, 0) is 62.1 Å². The molecule has 3 heteroatoms. The predicted octanol–water partition coefficient (Wildman–Crippen LogP) is 3.94. The van der Waals surface area contributed by atoms with Crippen LogP contribution in [-0.4, -0.2) is 12.0 Å². The molecule has 19 heavy (non-hydrogen) atoms. The van der Waals surface area contributed by atoms with Crippen molar-refractivity contribution in [2.45, 2.75) is 45.6 Å². The molecule has 0 aliphatic heterocycles. The molecule has 0 bridgehead atoms. The number of nitrogens with zero attached hydrogens (tertiary/aromatic N) is 1. The Morgan fingerprint density at radius 1 is 1.16 bits per heavy atom. The summed E-state index contributed by atoms with van der Waals surface area (Å²) in [6.45, 7) is 4.63. The van der Waals surface area contributed by atoms with E-state index >= 15 is 0 Å². The second-order valence-electron chi connectivity index (χ2n) is 6.12. The molecule has 1 aromatic rings. The molecule has 2 nitrogen and oxygen atoms in total. The van der Waals surface area contributed by atoms with Gasteiger partial charge in [-0.3, -0.25) is 4.98 Å². The third-order valence-electron chi connectivity index (χ3n) is 4.63.